The minimum Gasteiger partial charge on any atom is -0.358 e. The van der Waals surface area contributed by atoms with Gasteiger partial charge in [-0.15, -0.1) is 0 Å². The quantitative estimate of drug-likeness (QED) is 0.545. The lowest BCUT2D eigenvalue weighted by molar-refractivity contribution is -0.349. The van der Waals surface area contributed by atoms with Crippen molar-refractivity contribution in [3.05, 3.63) is 87.6 Å². The third kappa shape index (κ3) is 3.18. The molecule has 0 spiro atoms. The number of hydrogen-bond donors (Lipinski definition) is 2. The van der Waals surface area contributed by atoms with Crippen molar-refractivity contribution in [1.82, 2.24) is 4.98 Å². The summed E-state index contributed by atoms with van der Waals surface area (Å²) in [5.41, 5.74) is 10.9. The maximum absolute atomic E-state index is 6.95. The van der Waals surface area contributed by atoms with Gasteiger partial charge in [0.2, 0.25) is 5.69 Å². The highest BCUT2D eigenvalue weighted by molar-refractivity contribution is 6.33. The number of allylic oxidation sites excluding steroid dienone is 5. The molecular weight excluding hydrogens is 376 g/mol. The summed E-state index contributed by atoms with van der Waals surface area (Å²) in [6.07, 6.45) is 7.72. The van der Waals surface area contributed by atoms with Gasteiger partial charge in [-0.1, -0.05) is 41.9 Å². The molecule has 0 bridgehead atoms. The number of nitrogens with one attached hydrogen (secondary N) is 2. The van der Waals surface area contributed by atoms with Gasteiger partial charge in [-0.05, 0) is 61.6 Å². The number of benzene rings is 2. The van der Waals surface area contributed by atoms with Crippen LogP contribution < -0.4 is 4.99 Å². The standard InChI is InChI=1S/C26H23ClN2/c1-16-22(20-10-3-5-12-24(20)28-16)14-18-8-7-9-19(26(18)27)15-23-17(2)29-25-13-6-4-11-21(23)25/h3-6,10-15,28H,7-9H2,1-2H3/p+1/b18-14+,23-15+. The van der Waals surface area contributed by atoms with Crippen molar-refractivity contribution in [1.29, 1.82) is 0 Å². The van der Waals surface area contributed by atoms with Gasteiger partial charge in [-0.2, -0.15) is 0 Å². The molecule has 0 fully saturated rings. The van der Waals surface area contributed by atoms with Crippen LogP contribution in [0.2, 0.25) is 0 Å². The normalized spacial score (nSPS) is 19.3. The van der Waals surface area contributed by atoms with Crippen LogP contribution >= 0.6 is 11.6 Å². The van der Waals surface area contributed by atoms with Crippen LogP contribution in [0.4, 0.5) is 5.69 Å². The highest BCUT2D eigenvalue weighted by Crippen LogP contribution is 2.38. The van der Waals surface area contributed by atoms with Crippen LogP contribution in [0.5, 0.6) is 0 Å². The molecule has 29 heavy (non-hydrogen) atoms. The molecule has 2 aliphatic rings. The van der Waals surface area contributed by atoms with E-state index in [1.54, 1.807) is 0 Å². The van der Waals surface area contributed by atoms with E-state index in [2.05, 4.69) is 84.5 Å². The minimum atomic E-state index is 0.908. The summed E-state index contributed by atoms with van der Waals surface area (Å²) in [4.78, 5) is 6.98. The summed E-state index contributed by atoms with van der Waals surface area (Å²) in [7, 11) is 0. The zero-order valence-electron chi connectivity index (χ0n) is 16.8. The van der Waals surface area contributed by atoms with Gasteiger partial charge < -0.3 is 4.98 Å². The van der Waals surface area contributed by atoms with Crippen LogP contribution in [-0.4, -0.2) is 10.7 Å². The fourth-order valence-electron chi connectivity index (χ4n) is 4.48. The van der Waals surface area contributed by atoms with E-state index in [4.69, 9.17) is 11.6 Å². The molecule has 5 rings (SSSR count). The van der Waals surface area contributed by atoms with E-state index in [0.29, 0.717) is 0 Å². The molecule has 144 valence electrons. The number of aromatic amines is 1. The second-order valence-corrected chi connectivity index (χ2v) is 8.30. The Kier molecular flexibility index (Phi) is 4.52. The lowest BCUT2D eigenvalue weighted by atomic mass is 9.90. The first-order valence-electron chi connectivity index (χ1n) is 10.2. The summed E-state index contributed by atoms with van der Waals surface area (Å²) < 4.78 is 0. The molecule has 0 saturated heterocycles. The monoisotopic (exact) mass is 399 g/mol. The molecule has 0 amide bonds. The van der Waals surface area contributed by atoms with Gasteiger partial charge in [0.25, 0.3) is 0 Å². The second kappa shape index (κ2) is 7.20. The molecule has 1 aliphatic heterocycles. The Morgan fingerprint density at radius 3 is 2.66 bits per heavy atom. The first-order valence-corrected chi connectivity index (χ1v) is 10.6. The van der Waals surface area contributed by atoms with Crippen LogP contribution in [-0.2, 0) is 0 Å². The Bertz CT molecular complexity index is 1250. The number of rotatable bonds is 2. The number of halogens is 1. The van der Waals surface area contributed by atoms with Crippen molar-refractivity contribution < 1.29 is 4.99 Å². The topological polar surface area (TPSA) is 29.8 Å². The largest absolute Gasteiger partial charge is 0.358 e. The molecule has 3 heteroatoms. The molecular formula is C26H24ClN2+. The fourth-order valence-corrected chi connectivity index (χ4v) is 4.78. The van der Waals surface area contributed by atoms with Crippen molar-refractivity contribution in [2.24, 2.45) is 0 Å². The van der Waals surface area contributed by atoms with Gasteiger partial charge in [0, 0.05) is 40.2 Å². The molecule has 1 aliphatic carbocycles. The SMILES string of the molecule is CC1=[NH+]c2ccccc2/C1=C/C1=C(Cl)C(=C/c2c(C)[nH]c3ccccc23)/CCC1. The zero-order valence-corrected chi connectivity index (χ0v) is 17.5. The van der Waals surface area contributed by atoms with Gasteiger partial charge in [-0.25, -0.2) is 4.99 Å². The first kappa shape index (κ1) is 18.2. The van der Waals surface area contributed by atoms with Gasteiger partial charge in [-0.3, -0.25) is 0 Å². The number of fused-ring (bicyclic) bond motifs is 2. The summed E-state index contributed by atoms with van der Waals surface area (Å²) in [6.45, 7) is 4.27. The van der Waals surface area contributed by atoms with Gasteiger partial charge >= 0.3 is 0 Å². The molecule has 2 aromatic carbocycles. The molecule has 1 aromatic heterocycles. The van der Waals surface area contributed by atoms with Gasteiger partial charge in [0.15, 0.2) is 5.71 Å². The molecule has 0 saturated carbocycles. The lowest BCUT2D eigenvalue weighted by Gasteiger charge is -2.18. The molecule has 2 heterocycles. The number of hydrogen-bond acceptors (Lipinski definition) is 0. The van der Waals surface area contributed by atoms with Gasteiger partial charge in [0.1, 0.15) is 0 Å². The number of para-hydroxylation sites is 2. The van der Waals surface area contributed by atoms with Crippen molar-refractivity contribution in [2.75, 3.05) is 0 Å². The van der Waals surface area contributed by atoms with E-state index < -0.39 is 0 Å². The van der Waals surface area contributed by atoms with Crippen LogP contribution in [0.25, 0.3) is 22.6 Å². The van der Waals surface area contributed by atoms with Crippen molar-refractivity contribution >= 4 is 45.6 Å². The fraction of sp³-hybridized carbons (Fsp3) is 0.192. The second-order valence-electron chi connectivity index (χ2n) is 7.93. The summed E-state index contributed by atoms with van der Waals surface area (Å²) in [6, 6.07) is 16.9. The average Bonchev–Trinajstić information content (AvgIpc) is 3.21. The summed E-state index contributed by atoms with van der Waals surface area (Å²) in [5, 5.41) is 2.16. The smallest absolute Gasteiger partial charge is 0.211 e. The molecule has 2 N–H and O–H groups in total. The van der Waals surface area contributed by atoms with Crippen LogP contribution in [0.1, 0.15) is 43.0 Å². The van der Waals surface area contributed by atoms with Crippen molar-refractivity contribution in [3.8, 4) is 0 Å². The Morgan fingerprint density at radius 2 is 1.76 bits per heavy atom. The van der Waals surface area contributed by atoms with E-state index in [1.165, 1.54) is 55.8 Å². The van der Waals surface area contributed by atoms with Crippen LogP contribution in [0.3, 0.4) is 0 Å². The average molecular weight is 400 g/mol. The van der Waals surface area contributed by atoms with E-state index in [1.807, 2.05) is 0 Å². The number of aromatic nitrogens is 1. The van der Waals surface area contributed by atoms with E-state index >= 15 is 0 Å². The Balaban J connectivity index is 1.59. The Labute approximate surface area is 176 Å². The predicted molar refractivity (Wildman–Crippen MR) is 123 cm³/mol. The Morgan fingerprint density at radius 1 is 0.966 bits per heavy atom. The highest BCUT2D eigenvalue weighted by Gasteiger charge is 2.25. The first-order chi connectivity index (χ1) is 14.1. The molecule has 0 unspecified atom stereocenters. The number of aryl methyl sites for hydroxylation is 1. The molecule has 0 atom stereocenters. The summed E-state index contributed by atoms with van der Waals surface area (Å²) >= 11 is 6.95. The van der Waals surface area contributed by atoms with Crippen molar-refractivity contribution in [2.45, 2.75) is 33.1 Å². The Hall–Kier alpha value is -2.84. The molecule has 0 radical (unpaired) electrons. The maximum atomic E-state index is 6.95. The van der Waals surface area contributed by atoms with Crippen LogP contribution in [0, 0.1) is 6.92 Å². The van der Waals surface area contributed by atoms with Crippen LogP contribution in [0.15, 0.2) is 70.8 Å². The minimum absolute atomic E-state index is 0.908. The van der Waals surface area contributed by atoms with Crippen molar-refractivity contribution in [3.63, 3.8) is 0 Å². The third-order valence-corrected chi connectivity index (χ3v) is 6.47. The van der Waals surface area contributed by atoms with E-state index in [9.17, 15) is 0 Å². The third-order valence-electron chi connectivity index (χ3n) is 5.98. The van der Waals surface area contributed by atoms with Gasteiger partial charge in [0.05, 0.1) is 11.1 Å². The zero-order chi connectivity index (χ0) is 20.0. The van der Waals surface area contributed by atoms with E-state index in [0.717, 1.165) is 24.3 Å². The maximum Gasteiger partial charge on any atom is 0.211 e. The lowest BCUT2D eigenvalue weighted by Crippen LogP contribution is -2.62. The molecule has 2 nitrogen and oxygen atoms in total. The predicted octanol–water partition coefficient (Wildman–Crippen LogP) is 5.81. The number of H-pyrrole nitrogens is 1. The summed E-state index contributed by atoms with van der Waals surface area (Å²) in [5.74, 6) is 0. The molecule has 3 aromatic rings. The van der Waals surface area contributed by atoms with E-state index in [-0.39, 0.29) is 0 Å². The highest BCUT2D eigenvalue weighted by atomic mass is 35.5.